The lowest BCUT2D eigenvalue weighted by Gasteiger charge is -2.35. The van der Waals surface area contributed by atoms with E-state index in [0.29, 0.717) is 0 Å². The molecule has 0 unspecified atom stereocenters. The highest BCUT2D eigenvalue weighted by molar-refractivity contribution is 5.45. The number of aryl methyl sites for hydroxylation is 1. The van der Waals surface area contributed by atoms with Crippen molar-refractivity contribution in [3.63, 3.8) is 0 Å². The highest BCUT2D eigenvalue weighted by Gasteiger charge is 2.19. The number of ether oxygens (including phenoxy) is 1. The van der Waals surface area contributed by atoms with Crippen molar-refractivity contribution in [3.8, 4) is 0 Å². The van der Waals surface area contributed by atoms with Crippen molar-refractivity contribution in [1.82, 2.24) is 30.1 Å². The van der Waals surface area contributed by atoms with Crippen molar-refractivity contribution in [2.75, 3.05) is 68.8 Å². The summed E-state index contributed by atoms with van der Waals surface area (Å²) in [5.41, 5.74) is 1.06. The van der Waals surface area contributed by atoms with Crippen LogP contribution in [0.15, 0.2) is 18.3 Å². The normalized spacial score (nSPS) is 19.1. The zero-order chi connectivity index (χ0) is 17.8. The maximum atomic E-state index is 5.39. The first-order valence-electron chi connectivity index (χ1n) is 9.27. The first-order valence-corrected chi connectivity index (χ1v) is 9.27. The maximum absolute atomic E-state index is 5.39. The van der Waals surface area contributed by atoms with Crippen molar-refractivity contribution in [2.45, 2.75) is 6.42 Å². The van der Waals surface area contributed by atoms with Gasteiger partial charge in [0.25, 0.3) is 0 Å². The number of morpholine rings is 1. The fraction of sp³-hybridized carbons (Fsp3) is 0.647. The third-order valence-corrected chi connectivity index (χ3v) is 5.00. The molecule has 4 heterocycles. The summed E-state index contributed by atoms with van der Waals surface area (Å²) in [7, 11) is 1.90. The van der Waals surface area contributed by atoms with Crippen LogP contribution < -0.4 is 9.80 Å². The van der Waals surface area contributed by atoms with E-state index in [1.54, 1.807) is 4.68 Å². The molecule has 0 atom stereocenters. The van der Waals surface area contributed by atoms with Crippen molar-refractivity contribution < 1.29 is 4.74 Å². The molecular weight excluding hydrogens is 332 g/mol. The van der Waals surface area contributed by atoms with E-state index in [9.17, 15) is 0 Å². The average molecular weight is 358 g/mol. The van der Waals surface area contributed by atoms with Crippen molar-refractivity contribution in [3.05, 3.63) is 24.0 Å². The van der Waals surface area contributed by atoms with E-state index in [0.717, 1.165) is 82.8 Å². The Bertz CT molecular complexity index is 689. The van der Waals surface area contributed by atoms with E-state index in [-0.39, 0.29) is 0 Å². The number of hydrogen-bond donors (Lipinski definition) is 0. The van der Waals surface area contributed by atoms with Gasteiger partial charge in [0, 0.05) is 65.5 Å². The maximum Gasteiger partial charge on any atom is 0.151 e. The minimum absolute atomic E-state index is 0.764. The van der Waals surface area contributed by atoms with E-state index in [1.807, 2.05) is 13.2 Å². The first-order chi connectivity index (χ1) is 12.8. The third kappa shape index (κ3) is 4.10. The summed E-state index contributed by atoms with van der Waals surface area (Å²) >= 11 is 0. The second-order valence-electron chi connectivity index (χ2n) is 6.81. The lowest BCUT2D eigenvalue weighted by Crippen LogP contribution is -2.47. The molecule has 4 rings (SSSR count). The Kier molecular flexibility index (Phi) is 5.26. The van der Waals surface area contributed by atoms with Crippen molar-refractivity contribution >= 4 is 11.6 Å². The lowest BCUT2D eigenvalue weighted by molar-refractivity contribution is 0.122. The average Bonchev–Trinajstić information content (AvgIpc) is 3.13. The zero-order valence-corrected chi connectivity index (χ0v) is 15.3. The highest BCUT2D eigenvalue weighted by Crippen LogP contribution is 2.17. The number of nitrogens with zero attached hydrogens (tertiary/aromatic N) is 8. The number of aromatic nitrogens is 5. The van der Waals surface area contributed by atoms with Crippen LogP contribution in [-0.2, 0) is 18.2 Å². The summed E-state index contributed by atoms with van der Waals surface area (Å²) in [5.74, 6) is 1.91. The van der Waals surface area contributed by atoms with Gasteiger partial charge >= 0.3 is 0 Å². The number of piperazine rings is 1. The van der Waals surface area contributed by atoms with Gasteiger partial charge in [-0.15, -0.1) is 15.3 Å². The molecule has 9 nitrogen and oxygen atoms in total. The lowest BCUT2D eigenvalue weighted by atomic mass is 10.2. The van der Waals surface area contributed by atoms with Crippen LogP contribution in [0.25, 0.3) is 0 Å². The summed E-state index contributed by atoms with van der Waals surface area (Å²) in [5, 5.41) is 17.0. The second kappa shape index (κ2) is 7.96. The summed E-state index contributed by atoms with van der Waals surface area (Å²) in [6, 6.07) is 4.17. The van der Waals surface area contributed by atoms with E-state index >= 15 is 0 Å². The van der Waals surface area contributed by atoms with Crippen LogP contribution >= 0.6 is 0 Å². The van der Waals surface area contributed by atoms with Gasteiger partial charge < -0.3 is 14.5 Å². The fourth-order valence-electron chi connectivity index (χ4n) is 3.43. The van der Waals surface area contributed by atoms with Gasteiger partial charge in [0.2, 0.25) is 0 Å². The van der Waals surface area contributed by atoms with Crippen LogP contribution in [0.4, 0.5) is 11.6 Å². The Balaban J connectivity index is 1.26. The summed E-state index contributed by atoms with van der Waals surface area (Å²) < 4.78 is 7.14. The van der Waals surface area contributed by atoms with Crippen LogP contribution in [0.2, 0.25) is 0 Å². The summed E-state index contributed by atoms with van der Waals surface area (Å²) in [6.45, 7) is 8.35. The third-order valence-electron chi connectivity index (χ3n) is 5.00. The minimum Gasteiger partial charge on any atom is -0.378 e. The Morgan fingerprint density at radius 3 is 2.12 bits per heavy atom. The van der Waals surface area contributed by atoms with Gasteiger partial charge in [-0.3, -0.25) is 9.58 Å². The number of anilines is 2. The quantitative estimate of drug-likeness (QED) is 0.728. The van der Waals surface area contributed by atoms with Gasteiger partial charge in [-0.25, -0.2) is 0 Å². The standard InChI is InChI=1S/C17H26N8O/c1-22-14-15(18-21-22)4-5-23-6-8-24(9-7-23)16-2-3-17(20-19-16)25-10-12-26-13-11-25/h2-3,14H,4-13H2,1H3. The predicted octanol–water partition coefficient (Wildman–Crippen LogP) is -0.194. The van der Waals surface area contributed by atoms with Crippen LogP contribution in [0, 0.1) is 0 Å². The molecule has 0 bridgehead atoms. The van der Waals surface area contributed by atoms with Gasteiger partial charge in [0.1, 0.15) is 0 Å². The van der Waals surface area contributed by atoms with Gasteiger partial charge in [-0.05, 0) is 12.1 Å². The summed E-state index contributed by atoms with van der Waals surface area (Å²) in [4.78, 5) is 7.01. The molecule has 0 saturated carbocycles. The van der Waals surface area contributed by atoms with Crippen LogP contribution in [-0.4, -0.2) is 89.1 Å². The Hall–Kier alpha value is -2.26. The fourth-order valence-corrected chi connectivity index (χ4v) is 3.43. The molecule has 2 fully saturated rings. The SMILES string of the molecule is Cn1cc(CCN2CCN(c3ccc(N4CCOCC4)nn3)CC2)nn1. The van der Waals surface area contributed by atoms with Crippen LogP contribution in [0.3, 0.4) is 0 Å². The monoisotopic (exact) mass is 358 g/mol. The van der Waals surface area contributed by atoms with Gasteiger partial charge in [0.15, 0.2) is 11.6 Å². The number of hydrogen-bond acceptors (Lipinski definition) is 8. The molecule has 0 radical (unpaired) electrons. The molecule has 2 aromatic rings. The molecule has 2 aliphatic heterocycles. The largest absolute Gasteiger partial charge is 0.378 e. The molecule has 2 aromatic heterocycles. The van der Waals surface area contributed by atoms with Gasteiger partial charge in [0.05, 0.1) is 18.9 Å². The predicted molar refractivity (Wildman–Crippen MR) is 98.4 cm³/mol. The van der Waals surface area contributed by atoms with Gasteiger partial charge in [-0.1, -0.05) is 5.21 Å². The van der Waals surface area contributed by atoms with Crippen molar-refractivity contribution in [1.29, 1.82) is 0 Å². The summed E-state index contributed by atoms with van der Waals surface area (Å²) in [6.07, 6.45) is 2.93. The Labute approximate surface area is 153 Å². The molecule has 0 amide bonds. The molecule has 9 heteroatoms. The molecule has 2 aliphatic rings. The topological polar surface area (TPSA) is 75.4 Å². The van der Waals surface area contributed by atoms with E-state index in [1.165, 1.54) is 0 Å². The Morgan fingerprint density at radius 2 is 1.54 bits per heavy atom. The zero-order valence-electron chi connectivity index (χ0n) is 15.3. The van der Waals surface area contributed by atoms with Crippen molar-refractivity contribution in [2.24, 2.45) is 7.05 Å². The molecule has 26 heavy (non-hydrogen) atoms. The van der Waals surface area contributed by atoms with E-state index in [2.05, 4.69) is 47.3 Å². The van der Waals surface area contributed by atoms with Crippen LogP contribution in [0.5, 0.6) is 0 Å². The molecule has 0 spiro atoms. The van der Waals surface area contributed by atoms with Crippen LogP contribution in [0.1, 0.15) is 5.69 Å². The highest BCUT2D eigenvalue weighted by atomic mass is 16.5. The number of rotatable bonds is 5. The molecule has 2 saturated heterocycles. The molecule has 0 aliphatic carbocycles. The molecule has 0 aromatic carbocycles. The first kappa shape index (κ1) is 17.2. The minimum atomic E-state index is 0.764. The smallest absolute Gasteiger partial charge is 0.151 e. The second-order valence-corrected chi connectivity index (χ2v) is 6.81. The Morgan fingerprint density at radius 1 is 0.885 bits per heavy atom. The van der Waals surface area contributed by atoms with E-state index < -0.39 is 0 Å². The molecule has 0 N–H and O–H groups in total. The molecule has 140 valence electrons. The van der Waals surface area contributed by atoms with E-state index in [4.69, 9.17) is 4.74 Å². The molecular formula is C17H26N8O. The van der Waals surface area contributed by atoms with Gasteiger partial charge in [-0.2, -0.15) is 0 Å².